The van der Waals surface area contributed by atoms with E-state index in [4.69, 9.17) is 9.97 Å². The maximum absolute atomic E-state index is 13.7. The number of carboxylic acids is 1. The first-order chi connectivity index (χ1) is 19.9. The molecule has 0 saturated heterocycles. The summed E-state index contributed by atoms with van der Waals surface area (Å²) in [7, 11) is 0. The number of halogens is 2. The highest BCUT2D eigenvalue weighted by Crippen LogP contribution is 2.31. The van der Waals surface area contributed by atoms with Gasteiger partial charge in [-0.2, -0.15) is 0 Å². The van der Waals surface area contributed by atoms with Crippen LogP contribution in [-0.4, -0.2) is 38.0 Å². The van der Waals surface area contributed by atoms with E-state index in [1.54, 1.807) is 42.6 Å². The third-order valence-electron chi connectivity index (χ3n) is 6.86. The molecule has 2 aromatic heterocycles. The lowest BCUT2D eigenvalue weighted by atomic mass is 10.0. The Morgan fingerprint density at radius 3 is 2.05 bits per heavy atom. The number of amides is 1. The number of H-pyrrole nitrogens is 1. The number of fused-ring (bicyclic) bond motifs is 2. The van der Waals surface area contributed by atoms with E-state index in [0.717, 1.165) is 16.5 Å². The van der Waals surface area contributed by atoms with Crippen molar-refractivity contribution >= 4 is 33.8 Å². The molecule has 0 saturated carbocycles. The van der Waals surface area contributed by atoms with Gasteiger partial charge >= 0.3 is 5.97 Å². The van der Waals surface area contributed by atoms with Gasteiger partial charge in [-0.15, -0.1) is 0 Å². The van der Waals surface area contributed by atoms with E-state index in [1.165, 1.54) is 30.3 Å². The average Bonchev–Trinajstić information content (AvgIpc) is 3.39. The highest BCUT2D eigenvalue weighted by molar-refractivity contribution is 6.00. The zero-order valence-electron chi connectivity index (χ0n) is 21.4. The Balaban J connectivity index is 1.35. The summed E-state index contributed by atoms with van der Waals surface area (Å²) in [4.78, 5) is 37.9. The molecule has 0 aliphatic heterocycles. The maximum Gasteiger partial charge on any atom is 0.326 e. The van der Waals surface area contributed by atoms with Crippen LogP contribution in [0.5, 0.6) is 0 Å². The lowest BCUT2D eigenvalue weighted by Crippen LogP contribution is -2.42. The van der Waals surface area contributed by atoms with Crippen LogP contribution in [0.25, 0.3) is 44.5 Å². The molecule has 6 aromatic rings. The van der Waals surface area contributed by atoms with Crippen LogP contribution in [-0.2, 0) is 11.2 Å². The van der Waals surface area contributed by atoms with E-state index in [0.29, 0.717) is 33.5 Å². The molecule has 1 atom stereocenters. The van der Waals surface area contributed by atoms with Crippen molar-refractivity contribution in [1.29, 1.82) is 0 Å². The van der Waals surface area contributed by atoms with Crippen LogP contribution in [0.1, 0.15) is 15.9 Å². The van der Waals surface area contributed by atoms with Crippen LogP contribution in [0.3, 0.4) is 0 Å². The number of hydrogen-bond acceptors (Lipinski definition) is 4. The minimum atomic E-state index is -1.17. The Morgan fingerprint density at radius 1 is 0.805 bits per heavy atom. The number of benzene rings is 4. The molecule has 0 bridgehead atoms. The van der Waals surface area contributed by atoms with Gasteiger partial charge in [0.15, 0.2) is 0 Å². The molecular formula is C32H22F2N4O3. The van der Waals surface area contributed by atoms with E-state index in [9.17, 15) is 23.5 Å². The van der Waals surface area contributed by atoms with Gasteiger partial charge < -0.3 is 15.4 Å². The van der Waals surface area contributed by atoms with Gasteiger partial charge in [0.25, 0.3) is 5.91 Å². The lowest BCUT2D eigenvalue weighted by Gasteiger charge is -2.15. The molecule has 202 valence electrons. The van der Waals surface area contributed by atoms with Crippen LogP contribution >= 0.6 is 0 Å². The number of nitrogens with zero attached hydrogens (tertiary/aromatic N) is 2. The number of aliphatic carboxylic acids is 1. The third-order valence-corrected chi connectivity index (χ3v) is 6.86. The lowest BCUT2D eigenvalue weighted by molar-refractivity contribution is -0.139. The van der Waals surface area contributed by atoms with Gasteiger partial charge in [0.1, 0.15) is 17.7 Å². The molecular weight excluding hydrogens is 526 g/mol. The zero-order valence-corrected chi connectivity index (χ0v) is 21.4. The highest BCUT2D eigenvalue weighted by atomic mass is 19.1. The molecule has 0 aliphatic rings. The fourth-order valence-electron chi connectivity index (χ4n) is 4.78. The van der Waals surface area contributed by atoms with Gasteiger partial charge in [-0.05, 0) is 78.4 Å². The topological polar surface area (TPSA) is 108 Å². The van der Waals surface area contributed by atoms with Crippen LogP contribution in [0, 0.1) is 11.6 Å². The first-order valence-corrected chi connectivity index (χ1v) is 12.8. The van der Waals surface area contributed by atoms with Crippen LogP contribution < -0.4 is 5.32 Å². The third kappa shape index (κ3) is 5.25. The van der Waals surface area contributed by atoms with Crippen LogP contribution in [0.2, 0.25) is 0 Å². The Kier molecular flexibility index (Phi) is 6.68. The Labute approximate surface area is 232 Å². The SMILES string of the molecule is O=C(N[C@@H](Cc1c[nH]c2ccccc12)C(=O)O)c1ccc2nc(-c3ccc(F)cc3)c(-c3ccc(F)cc3)nc2c1. The largest absolute Gasteiger partial charge is 0.480 e. The standard InChI is InChI=1S/C32H22F2N4O3/c33-22-10-5-18(6-11-22)29-30(19-7-12-23(34)13-8-19)37-27-15-20(9-14-26(27)36-29)31(39)38-28(32(40)41)16-21-17-35-25-4-2-1-3-24(21)25/h1-15,17,28,35H,16H2,(H,38,39)(H,40,41)/t28-/m0/s1. The quantitative estimate of drug-likeness (QED) is 0.222. The second-order valence-electron chi connectivity index (χ2n) is 9.57. The van der Waals surface area contributed by atoms with Crippen molar-refractivity contribution < 1.29 is 23.5 Å². The maximum atomic E-state index is 13.7. The molecule has 1 amide bonds. The highest BCUT2D eigenvalue weighted by Gasteiger charge is 2.23. The molecule has 41 heavy (non-hydrogen) atoms. The summed E-state index contributed by atoms with van der Waals surface area (Å²) in [6, 6.07) is 22.6. The number of carboxylic acid groups (broad SMARTS) is 1. The number of aromatic amines is 1. The summed E-state index contributed by atoms with van der Waals surface area (Å²) in [5, 5.41) is 13.4. The van der Waals surface area contributed by atoms with Crippen LogP contribution in [0.15, 0.2) is 97.2 Å². The van der Waals surface area contributed by atoms with Crippen molar-refractivity contribution in [1.82, 2.24) is 20.3 Å². The molecule has 0 radical (unpaired) electrons. The molecule has 0 spiro atoms. The molecule has 2 heterocycles. The van der Waals surface area contributed by atoms with Gasteiger partial charge in [0.2, 0.25) is 0 Å². The number of nitrogens with one attached hydrogen (secondary N) is 2. The number of para-hydroxylation sites is 1. The van der Waals surface area contributed by atoms with Gasteiger partial charge in [-0.25, -0.2) is 23.5 Å². The normalized spacial score (nSPS) is 12.0. The van der Waals surface area contributed by atoms with Crippen molar-refractivity contribution in [2.45, 2.75) is 12.5 Å². The van der Waals surface area contributed by atoms with Crippen molar-refractivity contribution in [3.8, 4) is 22.5 Å². The molecule has 0 unspecified atom stereocenters. The first-order valence-electron chi connectivity index (χ1n) is 12.8. The average molecular weight is 549 g/mol. The van der Waals surface area contributed by atoms with Gasteiger partial charge in [-0.1, -0.05) is 18.2 Å². The van der Waals surface area contributed by atoms with E-state index >= 15 is 0 Å². The number of hydrogen-bond donors (Lipinski definition) is 3. The number of carbonyl (C=O) groups excluding carboxylic acids is 1. The van der Waals surface area contributed by atoms with E-state index in [-0.39, 0.29) is 12.0 Å². The van der Waals surface area contributed by atoms with Crippen molar-refractivity contribution in [3.05, 3.63) is 120 Å². The summed E-state index contributed by atoms with van der Waals surface area (Å²) in [5.74, 6) is -2.55. The molecule has 0 aliphatic carbocycles. The first kappa shape index (κ1) is 25.8. The smallest absolute Gasteiger partial charge is 0.326 e. The van der Waals surface area contributed by atoms with E-state index in [2.05, 4.69) is 10.3 Å². The van der Waals surface area contributed by atoms with Crippen molar-refractivity contribution in [2.24, 2.45) is 0 Å². The zero-order chi connectivity index (χ0) is 28.5. The van der Waals surface area contributed by atoms with Crippen molar-refractivity contribution in [3.63, 3.8) is 0 Å². The molecule has 0 fully saturated rings. The van der Waals surface area contributed by atoms with Gasteiger partial charge in [0, 0.05) is 40.2 Å². The van der Waals surface area contributed by atoms with Gasteiger partial charge in [0.05, 0.1) is 22.4 Å². The van der Waals surface area contributed by atoms with E-state index < -0.39 is 29.6 Å². The second kappa shape index (κ2) is 10.6. The monoisotopic (exact) mass is 548 g/mol. The minimum absolute atomic E-state index is 0.0915. The molecule has 6 rings (SSSR count). The summed E-state index contributed by atoms with van der Waals surface area (Å²) < 4.78 is 27.3. The van der Waals surface area contributed by atoms with Gasteiger partial charge in [-0.3, -0.25) is 4.79 Å². The summed E-state index contributed by atoms with van der Waals surface area (Å²) in [6.07, 6.45) is 1.84. The summed E-state index contributed by atoms with van der Waals surface area (Å²) in [5.41, 5.74) is 4.79. The molecule has 7 nitrogen and oxygen atoms in total. The Morgan fingerprint density at radius 2 is 1.41 bits per heavy atom. The predicted octanol–water partition coefficient (Wildman–Crippen LogP) is 6.15. The summed E-state index contributed by atoms with van der Waals surface area (Å²) in [6.45, 7) is 0. The molecule has 3 N–H and O–H groups in total. The number of rotatable bonds is 7. The van der Waals surface area contributed by atoms with Crippen LogP contribution in [0.4, 0.5) is 8.78 Å². The Hall–Kier alpha value is -5.44. The number of carbonyl (C=O) groups is 2. The van der Waals surface area contributed by atoms with Crippen molar-refractivity contribution in [2.75, 3.05) is 0 Å². The summed E-state index contributed by atoms with van der Waals surface area (Å²) >= 11 is 0. The minimum Gasteiger partial charge on any atom is -0.480 e. The predicted molar refractivity (Wildman–Crippen MR) is 151 cm³/mol. The molecule has 9 heteroatoms. The Bertz CT molecular complexity index is 1920. The number of aromatic nitrogens is 3. The fourth-order valence-corrected chi connectivity index (χ4v) is 4.78. The van der Waals surface area contributed by atoms with E-state index in [1.807, 2.05) is 24.3 Å². The fraction of sp³-hybridized carbons (Fsp3) is 0.0625. The molecule has 4 aromatic carbocycles. The second-order valence-corrected chi connectivity index (χ2v) is 9.57.